The number of rotatable bonds is 1. The molecule has 0 unspecified atom stereocenters. The van der Waals surface area contributed by atoms with E-state index in [1.54, 1.807) is 6.07 Å². The van der Waals surface area contributed by atoms with Gasteiger partial charge in [0.25, 0.3) is 0 Å². The maximum atomic E-state index is 9.06. The van der Waals surface area contributed by atoms with E-state index >= 15 is 0 Å². The lowest BCUT2D eigenvalue weighted by atomic mass is 10.2. The van der Waals surface area contributed by atoms with Crippen molar-refractivity contribution in [3.05, 3.63) is 11.8 Å². The number of nitrogens with zero attached hydrogens (tertiary/aromatic N) is 1. The molecular formula is C7H9NO2. The van der Waals surface area contributed by atoms with Gasteiger partial charge in [0, 0.05) is 6.61 Å². The Balaban J connectivity index is 2.49. The van der Waals surface area contributed by atoms with Gasteiger partial charge in [0.05, 0.1) is 12.1 Å². The molecule has 0 amide bonds. The van der Waals surface area contributed by atoms with Gasteiger partial charge in [-0.3, -0.25) is 0 Å². The molecule has 0 aromatic rings. The zero-order valence-electron chi connectivity index (χ0n) is 5.58. The minimum Gasteiger partial charge on any atom is -0.509 e. The molecule has 1 aliphatic heterocycles. The molecule has 0 aliphatic carbocycles. The van der Waals surface area contributed by atoms with Crippen molar-refractivity contribution in [1.82, 2.24) is 0 Å². The first-order chi connectivity index (χ1) is 4.84. The van der Waals surface area contributed by atoms with Crippen molar-refractivity contribution in [1.29, 1.82) is 5.26 Å². The molecule has 3 nitrogen and oxygen atoms in total. The summed E-state index contributed by atoms with van der Waals surface area (Å²) in [4.78, 5) is 0. The molecule has 0 spiro atoms. The molecular weight excluding hydrogens is 130 g/mol. The Labute approximate surface area is 59.5 Å². The highest BCUT2D eigenvalue weighted by Crippen LogP contribution is 2.17. The summed E-state index contributed by atoms with van der Waals surface area (Å²) < 4.78 is 5.10. The molecule has 0 saturated carbocycles. The average Bonchev–Trinajstić information content (AvgIpc) is 2.38. The smallest absolute Gasteiger partial charge is 0.131 e. The van der Waals surface area contributed by atoms with Crippen LogP contribution in [0.15, 0.2) is 11.8 Å². The van der Waals surface area contributed by atoms with Gasteiger partial charge in [-0.15, -0.1) is 0 Å². The summed E-state index contributed by atoms with van der Waals surface area (Å²) in [6, 6.07) is 1.75. The average molecular weight is 139 g/mol. The number of nitriles is 1. The van der Waals surface area contributed by atoms with Gasteiger partial charge in [-0.05, 0) is 12.8 Å². The minimum atomic E-state index is -0.223. The van der Waals surface area contributed by atoms with Crippen LogP contribution in [-0.2, 0) is 4.74 Å². The molecule has 1 saturated heterocycles. The molecule has 0 aromatic carbocycles. The molecule has 1 fully saturated rings. The Morgan fingerprint density at radius 3 is 3.10 bits per heavy atom. The summed E-state index contributed by atoms with van der Waals surface area (Å²) in [7, 11) is 0. The summed E-state index contributed by atoms with van der Waals surface area (Å²) in [6.07, 6.45) is 2.69. The van der Waals surface area contributed by atoms with Crippen molar-refractivity contribution in [3.8, 4) is 6.07 Å². The first-order valence-electron chi connectivity index (χ1n) is 3.25. The quantitative estimate of drug-likeness (QED) is 0.437. The van der Waals surface area contributed by atoms with E-state index in [2.05, 4.69) is 0 Å². The lowest BCUT2D eigenvalue weighted by Crippen LogP contribution is -2.07. The van der Waals surface area contributed by atoms with Gasteiger partial charge in [-0.1, -0.05) is 0 Å². The molecule has 1 aliphatic rings. The Morgan fingerprint density at radius 2 is 2.60 bits per heavy atom. The highest BCUT2D eigenvalue weighted by Gasteiger charge is 2.18. The summed E-state index contributed by atoms with van der Waals surface area (Å²) in [5, 5.41) is 17.2. The monoisotopic (exact) mass is 139 g/mol. The van der Waals surface area contributed by atoms with Gasteiger partial charge in [0.1, 0.15) is 11.9 Å². The van der Waals surface area contributed by atoms with Crippen LogP contribution in [0.3, 0.4) is 0 Å². The third-order valence-corrected chi connectivity index (χ3v) is 1.47. The van der Waals surface area contributed by atoms with E-state index in [-0.39, 0.29) is 11.9 Å². The van der Waals surface area contributed by atoms with Crippen molar-refractivity contribution >= 4 is 0 Å². The molecule has 1 rings (SSSR count). The fraction of sp³-hybridized carbons (Fsp3) is 0.571. The van der Waals surface area contributed by atoms with E-state index in [1.165, 1.54) is 0 Å². The number of aliphatic hydroxyl groups excluding tert-OH is 1. The summed E-state index contributed by atoms with van der Waals surface area (Å²) in [6.45, 7) is 0.688. The zero-order valence-corrected chi connectivity index (χ0v) is 5.58. The number of hydrogen-bond donors (Lipinski definition) is 1. The van der Waals surface area contributed by atoms with E-state index in [9.17, 15) is 0 Å². The molecule has 1 N–H and O–H groups in total. The van der Waals surface area contributed by atoms with Crippen LogP contribution in [0.1, 0.15) is 12.8 Å². The van der Waals surface area contributed by atoms with E-state index in [4.69, 9.17) is 15.1 Å². The molecule has 0 radical (unpaired) electrons. The first-order valence-corrected chi connectivity index (χ1v) is 3.25. The van der Waals surface area contributed by atoms with Crippen molar-refractivity contribution in [2.45, 2.75) is 18.9 Å². The minimum absolute atomic E-state index is 0.0556. The maximum Gasteiger partial charge on any atom is 0.131 e. The molecule has 0 aromatic heterocycles. The van der Waals surface area contributed by atoms with E-state index in [1.807, 2.05) is 0 Å². The first kappa shape index (κ1) is 7.10. The number of allylic oxidation sites excluding steroid dienone is 1. The fourth-order valence-corrected chi connectivity index (χ4v) is 0.970. The summed E-state index contributed by atoms with van der Waals surface area (Å²) >= 11 is 0. The van der Waals surface area contributed by atoms with Crippen LogP contribution in [0.4, 0.5) is 0 Å². The largest absolute Gasteiger partial charge is 0.509 e. The van der Waals surface area contributed by atoms with Crippen molar-refractivity contribution in [3.63, 3.8) is 0 Å². The topological polar surface area (TPSA) is 53.2 Å². The number of ether oxygens (including phenoxy) is 1. The Hall–Kier alpha value is -1.01. The second kappa shape index (κ2) is 3.23. The van der Waals surface area contributed by atoms with Gasteiger partial charge >= 0.3 is 0 Å². The normalized spacial score (nSPS) is 26.3. The highest BCUT2D eigenvalue weighted by molar-refractivity contribution is 5.11. The van der Waals surface area contributed by atoms with Crippen molar-refractivity contribution in [2.24, 2.45) is 0 Å². The lowest BCUT2D eigenvalue weighted by molar-refractivity contribution is 0.102. The van der Waals surface area contributed by atoms with Crippen LogP contribution in [-0.4, -0.2) is 17.8 Å². The van der Waals surface area contributed by atoms with Crippen molar-refractivity contribution in [2.75, 3.05) is 6.61 Å². The molecule has 1 atom stereocenters. The van der Waals surface area contributed by atoms with E-state index in [0.717, 1.165) is 18.9 Å². The van der Waals surface area contributed by atoms with Crippen LogP contribution >= 0.6 is 0 Å². The van der Waals surface area contributed by atoms with Gasteiger partial charge in [-0.2, -0.15) is 5.26 Å². The van der Waals surface area contributed by atoms with Gasteiger partial charge in [0.15, 0.2) is 0 Å². The highest BCUT2D eigenvalue weighted by atomic mass is 16.5. The molecule has 3 heteroatoms. The summed E-state index contributed by atoms with van der Waals surface area (Å²) in [5.41, 5.74) is 0. The SMILES string of the molecule is N#C/C=C(\O)[C@H]1CCCO1. The fourth-order valence-electron chi connectivity index (χ4n) is 0.970. The third kappa shape index (κ3) is 1.49. The van der Waals surface area contributed by atoms with Crippen LogP contribution in [0, 0.1) is 11.3 Å². The third-order valence-electron chi connectivity index (χ3n) is 1.47. The Kier molecular flexibility index (Phi) is 2.30. The lowest BCUT2D eigenvalue weighted by Gasteiger charge is -2.05. The predicted octanol–water partition coefficient (Wildman–Crippen LogP) is 1.13. The van der Waals surface area contributed by atoms with E-state index in [0.29, 0.717) is 6.61 Å². The molecule has 0 bridgehead atoms. The van der Waals surface area contributed by atoms with Gasteiger partial charge in [0.2, 0.25) is 0 Å². The van der Waals surface area contributed by atoms with Gasteiger partial charge < -0.3 is 9.84 Å². The summed E-state index contributed by atoms with van der Waals surface area (Å²) in [5.74, 6) is 0.0556. The van der Waals surface area contributed by atoms with Crippen molar-refractivity contribution < 1.29 is 9.84 Å². The predicted molar refractivity (Wildman–Crippen MR) is 35.3 cm³/mol. The van der Waals surface area contributed by atoms with E-state index < -0.39 is 0 Å². The van der Waals surface area contributed by atoms with Crippen LogP contribution in [0.2, 0.25) is 0 Å². The zero-order chi connectivity index (χ0) is 7.40. The number of hydrogen-bond acceptors (Lipinski definition) is 3. The van der Waals surface area contributed by atoms with Gasteiger partial charge in [-0.25, -0.2) is 0 Å². The van der Waals surface area contributed by atoms with Crippen LogP contribution in [0.25, 0.3) is 0 Å². The molecule has 10 heavy (non-hydrogen) atoms. The standard InChI is InChI=1S/C7H9NO2/c8-4-3-6(9)7-2-1-5-10-7/h3,7,9H,1-2,5H2/b6-3-/t7-/m1/s1. The van der Waals surface area contributed by atoms with Crippen LogP contribution in [0.5, 0.6) is 0 Å². The second-order valence-electron chi connectivity index (χ2n) is 2.20. The Bertz CT molecular complexity index is 175. The number of aliphatic hydroxyl groups is 1. The molecule has 54 valence electrons. The van der Waals surface area contributed by atoms with Crippen LogP contribution < -0.4 is 0 Å². The second-order valence-corrected chi connectivity index (χ2v) is 2.20. The Morgan fingerprint density at radius 1 is 1.80 bits per heavy atom. The molecule has 1 heterocycles. The maximum absolute atomic E-state index is 9.06.